The van der Waals surface area contributed by atoms with Crippen LogP contribution in [0.5, 0.6) is 0 Å². The molecule has 0 amide bonds. The van der Waals surface area contributed by atoms with Crippen LogP contribution in [0.3, 0.4) is 0 Å². The molecule has 1 nitrogen and oxygen atoms in total. The van der Waals surface area contributed by atoms with Crippen LogP contribution in [-0.4, -0.2) is 12.7 Å². The molecule has 304 valence electrons. The standard InChI is InChI=1S/2C8H18.C6H14.C5H12O.2C5H12.8CH4/c2*1-7(2,3)8(4,5)6;1-5-6(2,3)4;1-5(2,3)6-4;2*1-5(2,3)4;;;;;;;;/h2*1-6H3;5H2,1-4H3;1-4H3;2*1-4H3;8*1H4. The van der Waals surface area contributed by atoms with Crippen LogP contribution in [0.15, 0.2) is 0 Å². The highest BCUT2D eigenvalue weighted by molar-refractivity contribution is 4.77. The molecule has 0 aliphatic carbocycles. The second-order valence-electron chi connectivity index (χ2n) is 20.2. The molecule has 46 heavy (non-hydrogen) atoms. The van der Waals surface area contributed by atoms with E-state index in [1.54, 1.807) is 7.11 Å². The topological polar surface area (TPSA) is 9.23 Å². The van der Waals surface area contributed by atoms with Crippen LogP contribution in [0.1, 0.15) is 253 Å². The summed E-state index contributed by atoms with van der Waals surface area (Å²) in [5.74, 6) is 0. The maximum Gasteiger partial charge on any atom is 0.0594 e. The summed E-state index contributed by atoms with van der Waals surface area (Å²) in [4.78, 5) is 0. The lowest BCUT2D eigenvalue weighted by molar-refractivity contribution is 0.0397. The third-order valence-electron chi connectivity index (χ3n) is 6.17. The van der Waals surface area contributed by atoms with Gasteiger partial charge in [0.25, 0.3) is 0 Å². The largest absolute Gasteiger partial charge is 0.379 e. The van der Waals surface area contributed by atoms with Gasteiger partial charge in [-0.2, -0.15) is 0 Å². The van der Waals surface area contributed by atoms with Crippen molar-refractivity contribution in [2.45, 2.75) is 258 Å². The van der Waals surface area contributed by atoms with E-state index in [9.17, 15) is 0 Å². The van der Waals surface area contributed by atoms with Crippen molar-refractivity contribution in [2.24, 2.45) is 37.9 Å². The Balaban J connectivity index is -0.0000000217. The number of hydrogen-bond acceptors (Lipinski definition) is 1. The van der Waals surface area contributed by atoms with Crippen molar-refractivity contribution < 1.29 is 4.74 Å². The second kappa shape index (κ2) is 34.8. The fraction of sp³-hybridized carbons (Fsp3) is 1.00. The van der Waals surface area contributed by atoms with E-state index in [0.29, 0.717) is 37.9 Å². The van der Waals surface area contributed by atoms with Crippen LogP contribution in [0.2, 0.25) is 0 Å². The number of methoxy groups -OCH3 is 1. The molecule has 0 saturated carbocycles. The Kier molecular flexibility index (Phi) is 68.8. The van der Waals surface area contributed by atoms with Gasteiger partial charge < -0.3 is 4.74 Å². The summed E-state index contributed by atoms with van der Waals surface area (Å²) < 4.78 is 4.94. The van der Waals surface area contributed by atoms with Crippen molar-refractivity contribution in [3.63, 3.8) is 0 Å². The van der Waals surface area contributed by atoms with E-state index < -0.39 is 0 Å². The average molecular weight is 675 g/mol. The Bertz CT molecular complexity index is 409. The van der Waals surface area contributed by atoms with Gasteiger partial charge in [0.1, 0.15) is 0 Å². The van der Waals surface area contributed by atoms with E-state index in [1.807, 2.05) is 20.8 Å². The molecule has 0 aromatic rings. The molecule has 0 aromatic heterocycles. The van der Waals surface area contributed by atoms with Crippen molar-refractivity contribution in [1.82, 2.24) is 0 Å². The summed E-state index contributed by atoms with van der Waals surface area (Å²) in [6.07, 6.45) is 1.27. The van der Waals surface area contributed by atoms with Crippen LogP contribution < -0.4 is 0 Å². The predicted molar refractivity (Wildman–Crippen MR) is 238 cm³/mol. The second-order valence-corrected chi connectivity index (χ2v) is 20.2. The molecule has 0 N–H and O–H groups in total. The van der Waals surface area contributed by atoms with Crippen LogP contribution in [0.25, 0.3) is 0 Å². The molecule has 0 bridgehead atoms. The molecule has 0 heterocycles. The number of ether oxygens (including phenoxy) is 1. The minimum Gasteiger partial charge on any atom is -0.379 e. The van der Waals surface area contributed by atoms with Crippen molar-refractivity contribution in [1.29, 1.82) is 0 Å². The van der Waals surface area contributed by atoms with E-state index in [2.05, 4.69) is 166 Å². The first-order valence-corrected chi connectivity index (χ1v) is 15.2. The Morgan fingerprint density at radius 2 is 0.370 bits per heavy atom. The first-order valence-electron chi connectivity index (χ1n) is 15.2. The third kappa shape index (κ3) is 141. The Morgan fingerprint density at radius 3 is 0.370 bits per heavy atom. The fourth-order valence-electron chi connectivity index (χ4n) is 0. The molecule has 0 unspecified atom stereocenters. The zero-order chi connectivity index (χ0) is 33.4. The van der Waals surface area contributed by atoms with Crippen LogP contribution >= 0.6 is 0 Å². The average Bonchev–Trinajstić information content (AvgIpc) is 2.48. The highest BCUT2D eigenvalue weighted by Crippen LogP contribution is 2.37. The summed E-state index contributed by atoms with van der Waals surface area (Å²) >= 11 is 0. The fourth-order valence-corrected chi connectivity index (χ4v) is 0. The highest BCUT2D eigenvalue weighted by Gasteiger charge is 2.27. The summed E-state index contributed by atoms with van der Waals surface area (Å²) in [5.41, 5.74) is 3.33. The van der Waals surface area contributed by atoms with Crippen LogP contribution in [0, 0.1) is 37.9 Å². The molecule has 0 atom stereocenters. The molecular formula is C45H118O. The van der Waals surface area contributed by atoms with Crippen LogP contribution in [0.4, 0.5) is 0 Å². The Labute approximate surface area is 307 Å². The normalized spacial score (nSPS) is 10.7. The highest BCUT2D eigenvalue weighted by atomic mass is 16.5. The third-order valence-corrected chi connectivity index (χ3v) is 6.17. The van der Waals surface area contributed by atoms with Crippen LogP contribution in [-0.2, 0) is 4.74 Å². The zero-order valence-corrected chi connectivity index (χ0v) is 33.1. The smallest absolute Gasteiger partial charge is 0.0594 e. The van der Waals surface area contributed by atoms with Gasteiger partial charge in [0.05, 0.1) is 5.60 Å². The van der Waals surface area contributed by atoms with Gasteiger partial charge in [-0.05, 0) is 58.7 Å². The van der Waals surface area contributed by atoms with Gasteiger partial charge in [0.15, 0.2) is 0 Å². The van der Waals surface area contributed by atoms with Crippen molar-refractivity contribution in [3.05, 3.63) is 0 Å². The molecule has 0 rings (SSSR count). The lowest BCUT2D eigenvalue weighted by Crippen LogP contribution is -2.25. The van der Waals surface area contributed by atoms with Crippen molar-refractivity contribution in [3.8, 4) is 0 Å². The SMILES string of the molecule is C.C.C.C.C.C.C.C.CC(C)(C)C.CC(C)(C)C.CC(C)(C)C(C)(C)C.CC(C)(C)C(C)(C)C.CCC(C)(C)C.COC(C)(C)C. The molecular weight excluding hydrogens is 556 g/mol. The van der Waals surface area contributed by atoms with E-state index >= 15 is 0 Å². The molecule has 0 spiro atoms. The van der Waals surface area contributed by atoms with Gasteiger partial charge in [0.2, 0.25) is 0 Å². The molecule has 0 radical (unpaired) electrons. The van der Waals surface area contributed by atoms with Crippen molar-refractivity contribution >= 4 is 0 Å². The van der Waals surface area contributed by atoms with Gasteiger partial charge in [-0.3, -0.25) is 0 Å². The summed E-state index contributed by atoms with van der Waals surface area (Å²) in [6, 6.07) is 0. The summed E-state index contributed by atoms with van der Waals surface area (Å²) in [7, 11) is 1.71. The number of hydrogen-bond donors (Lipinski definition) is 0. The van der Waals surface area contributed by atoms with Gasteiger partial charge in [-0.15, -0.1) is 0 Å². The zero-order valence-electron chi connectivity index (χ0n) is 33.1. The van der Waals surface area contributed by atoms with Gasteiger partial charge >= 0.3 is 0 Å². The Morgan fingerprint density at radius 1 is 0.304 bits per heavy atom. The lowest BCUT2D eigenvalue weighted by atomic mass is 9.71. The minimum absolute atomic E-state index is 0. The summed E-state index contributed by atoms with van der Waals surface area (Å²) in [5, 5.41) is 0. The first-order chi connectivity index (χ1) is 15.6. The van der Waals surface area contributed by atoms with E-state index in [-0.39, 0.29) is 65.0 Å². The van der Waals surface area contributed by atoms with Gasteiger partial charge in [-0.1, -0.05) is 232 Å². The predicted octanol–water partition coefficient (Wildman–Crippen LogP) is 19.2. The van der Waals surface area contributed by atoms with Gasteiger partial charge in [-0.25, -0.2) is 0 Å². The van der Waals surface area contributed by atoms with Crippen molar-refractivity contribution in [2.75, 3.05) is 7.11 Å². The monoisotopic (exact) mass is 675 g/mol. The molecule has 0 aliphatic heterocycles. The van der Waals surface area contributed by atoms with E-state index in [0.717, 1.165) is 0 Å². The maximum atomic E-state index is 4.94. The molecule has 0 aromatic carbocycles. The molecule has 0 aliphatic rings. The first kappa shape index (κ1) is 91.0. The minimum atomic E-state index is 0. The summed E-state index contributed by atoms with van der Waals surface area (Å²) in [6.45, 7) is 59.8. The quantitative estimate of drug-likeness (QED) is 0.248. The lowest BCUT2D eigenvalue weighted by Gasteiger charge is -2.34. The maximum absolute atomic E-state index is 4.94. The molecule has 0 saturated heterocycles. The van der Waals surface area contributed by atoms with E-state index in [4.69, 9.17) is 4.74 Å². The van der Waals surface area contributed by atoms with Gasteiger partial charge in [0, 0.05) is 7.11 Å². The Hall–Kier alpha value is -0.0400. The molecule has 0 fully saturated rings. The molecule has 1 heteroatoms. The number of rotatable bonds is 0. The van der Waals surface area contributed by atoms with E-state index in [1.165, 1.54) is 6.42 Å².